The second-order valence-corrected chi connectivity index (χ2v) is 3.62. The lowest BCUT2D eigenvalue weighted by atomic mass is 10.2. The predicted octanol–water partition coefficient (Wildman–Crippen LogP) is 0.0859. The summed E-state index contributed by atoms with van der Waals surface area (Å²) in [5.74, 6) is -0.641. The molecule has 0 saturated carbocycles. The Labute approximate surface area is 107 Å². The van der Waals surface area contributed by atoms with Crippen molar-refractivity contribution in [2.45, 2.75) is 6.92 Å². The molecule has 2 rings (SSSR count). The molecule has 8 nitrogen and oxygen atoms in total. The van der Waals surface area contributed by atoms with E-state index in [1.165, 1.54) is 19.2 Å². The van der Waals surface area contributed by atoms with Gasteiger partial charge in [0.2, 0.25) is 5.69 Å². The minimum absolute atomic E-state index is 0.0373. The molecule has 8 heteroatoms. The highest BCUT2D eigenvalue weighted by Crippen LogP contribution is 2.12. The van der Waals surface area contributed by atoms with Gasteiger partial charge in [0.15, 0.2) is 0 Å². The van der Waals surface area contributed by atoms with Crippen molar-refractivity contribution in [2.75, 3.05) is 0 Å². The maximum atomic E-state index is 11.6. The van der Waals surface area contributed by atoms with E-state index in [1.807, 2.05) is 0 Å². The van der Waals surface area contributed by atoms with Crippen LogP contribution in [0.2, 0.25) is 0 Å². The van der Waals surface area contributed by atoms with Gasteiger partial charge in [-0.1, -0.05) is 12.1 Å². The minimum atomic E-state index is -0.678. The number of hydrogen-bond donors (Lipinski definition) is 2. The number of amides is 1. The molecule has 2 aromatic rings. The molecule has 2 N–H and O–H groups in total. The zero-order chi connectivity index (χ0) is 13.8. The van der Waals surface area contributed by atoms with Gasteiger partial charge in [-0.15, -0.1) is 0 Å². The fourth-order valence-electron chi connectivity index (χ4n) is 1.31. The van der Waals surface area contributed by atoms with E-state index in [-0.39, 0.29) is 22.0 Å². The molecule has 0 aliphatic rings. The molecule has 1 heterocycles. The van der Waals surface area contributed by atoms with Gasteiger partial charge < -0.3 is 10.3 Å². The summed E-state index contributed by atoms with van der Waals surface area (Å²) in [6.45, 7) is 1.39. The van der Waals surface area contributed by atoms with E-state index in [4.69, 9.17) is 0 Å². The Morgan fingerprint density at radius 1 is 1.58 bits per heavy atom. The van der Waals surface area contributed by atoms with Gasteiger partial charge in [-0.2, -0.15) is 5.10 Å². The average Bonchev–Trinajstić information content (AvgIpc) is 2.72. The number of phenolic OH excluding ortho intramolecular Hbond substituents is 1. The zero-order valence-corrected chi connectivity index (χ0v) is 9.90. The van der Waals surface area contributed by atoms with Crippen molar-refractivity contribution in [3.8, 4) is 5.75 Å². The number of hydrogen-bond acceptors (Lipinski definition) is 6. The third-order valence-corrected chi connectivity index (χ3v) is 2.34. The summed E-state index contributed by atoms with van der Waals surface area (Å²) in [7, 11) is 0. The van der Waals surface area contributed by atoms with Crippen molar-refractivity contribution in [2.24, 2.45) is 5.10 Å². The first-order valence-corrected chi connectivity index (χ1v) is 5.27. The van der Waals surface area contributed by atoms with Crippen molar-refractivity contribution >= 4 is 12.1 Å². The van der Waals surface area contributed by atoms with Gasteiger partial charge in [-0.05, 0) is 17.0 Å². The molecule has 0 radical (unpaired) electrons. The summed E-state index contributed by atoms with van der Waals surface area (Å²) in [4.78, 5) is 11.7. The van der Waals surface area contributed by atoms with E-state index in [9.17, 15) is 15.1 Å². The van der Waals surface area contributed by atoms with Crippen LogP contribution in [0.4, 0.5) is 0 Å². The van der Waals surface area contributed by atoms with Gasteiger partial charge >= 0.3 is 11.6 Å². The van der Waals surface area contributed by atoms with Crippen molar-refractivity contribution in [3.05, 3.63) is 46.4 Å². The van der Waals surface area contributed by atoms with E-state index < -0.39 is 5.91 Å². The third-order valence-electron chi connectivity index (χ3n) is 2.34. The highest BCUT2D eigenvalue weighted by molar-refractivity contribution is 5.93. The quantitative estimate of drug-likeness (QED) is 0.462. The van der Waals surface area contributed by atoms with Crippen LogP contribution >= 0.6 is 0 Å². The minimum Gasteiger partial charge on any atom is -0.507 e. The molecule has 0 unspecified atom stereocenters. The number of rotatable bonds is 3. The highest BCUT2D eigenvalue weighted by Gasteiger charge is 2.22. The lowest BCUT2D eigenvalue weighted by Gasteiger charge is -1.96. The Balaban J connectivity index is 2.05. The van der Waals surface area contributed by atoms with Gasteiger partial charge in [-0.3, -0.25) is 9.42 Å². The molecule has 1 amide bonds. The second-order valence-electron chi connectivity index (χ2n) is 3.62. The van der Waals surface area contributed by atoms with Crippen molar-refractivity contribution in [1.29, 1.82) is 0 Å². The van der Waals surface area contributed by atoms with Crippen LogP contribution in [0, 0.1) is 12.1 Å². The number of nitrogens with zero attached hydrogens (tertiary/aromatic N) is 3. The molecule has 98 valence electrons. The number of benzene rings is 1. The van der Waals surface area contributed by atoms with Crippen LogP contribution in [0.5, 0.6) is 5.75 Å². The molecule has 0 atom stereocenters. The molecular formula is C11H10N4O4. The van der Waals surface area contributed by atoms with E-state index in [0.717, 1.165) is 0 Å². The Morgan fingerprint density at radius 3 is 2.95 bits per heavy atom. The van der Waals surface area contributed by atoms with Gasteiger partial charge in [0.25, 0.3) is 0 Å². The molecule has 0 saturated heterocycles. The van der Waals surface area contributed by atoms with Crippen molar-refractivity contribution in [1.82, 2.24) is 10.6 Å². The number of carbonyl (C=O) groups is 1. The van der Waals surface area contributed by atoms with Gasteiger partial charge in [0.05, 0.1) is 11.4 Å². The number of phenols is 1. The van der Waals surface area contributed by atoms with Gasteiger partial charge in [-0.25, -0.2) is 5.43 Å². The standard InChI is InChI=1S/C11H10N4O4/c1-7-10(14-19-15(7)18)11(17)13-12-6-8-4-2-3-5-9(8)16/h2-6,16H,1H3,(H,13,17)/b12-6+. The van der Waals surface area contributed by atoms with Crippen molar-refractivity contribution < 1.29 is 19.4 Å². The summed E-state index contributed by atoms with van der Waals surface area (Å²) in [5, 5.41) is 27.3. The Hall–Kier alpha value is -2.90. The fourth-order valence-corrected chi connectivity index (χ4v) is 1.31. The lowest BCUT2D eigenvalue weighted by Crippen LogP contribution is -2.28. The molecule has 0 bridgehead atoms. The summed E-state index contributed by atoms with van der Waals surface area (Å²) in [6, 6.07) is 6.49. The predicted molar refractivity (Wildman–Crippen MR) is 63.4 cm³/mol. The first-order chi connectivity index (χ1) is 9.09. The molecule has 1 aromatic carbocycles. The van der Waals surface area contributed by atoms with Crippen LogP contribution in [0.15, 0.2) is 34.0 Å². The van der Waals surface area contributed by atoms with Crippen LogP contribution in [0.25, 0.3) is 0 Å². The second kappa shape index (κ2) is 5.17. The van der Waals surface area contributed by atoms with E-state index in [2.05, 4.69) is 20.3 Å². The molecule has 1 aromatic heterocycles. The van der Waals surface area contributed by atoms with E-state index >= 15 is 0 Å². The summed E-state index contributed by atoms with van der Waals surface area (Å²) < 4.78 is 4.26. The number of aromatic nitrogens is 2. The Kier molecular flexibility index (Phi) is 3.42. The maximum Gasteiger partial charge on any atom is 0.322 e. The maximum absolute atomic E-state index is 11.6. The Bertz CT molecular complexity index is 635. The molecular weight excluding hydrogens is 252 g/mol. The summed E-state index contributed by atoms with van der Waals surface area (Å²) in [5.41, 5.74) is 2.51. The molecule has 0 fully saturated rings. The van der Waals surface area contributed by atoms with Crippen LogP contribution in [-0.4, -0.2) is 22.4 Å². The summed E-state index contributed by atoms with van der Waals surface area (Å²) in [6.07, 6.45) is 1.27. The molecule has 0 spiro atoms. The van der Waals surface area contributed by atoms with E-state index in [1.54, 1.807) is 18.2 Å². The third kappa shape index (κ3) is 2.68. The number of carbonyl (C=O) groups excluding carboxylic acids is 1. The fraction of sp³-hybridized carbons (Fsp3) is 0.0909. The zero-order valence-electron chi connectivity index (χ0n) is 9.90. The number of para-hydroxylation sites is 1. The number of aromatic hydroxyl groups is 1. The normalized spacial score (nSPS) is 10.8. The lowest BCUT2D eigenvalue weighted by molar-refractivity contribution is -0.806. The van der Waals surface area contributed by atoms with E-state index in [0.29, 0.717) is 5.56 Å². The van der Waals surface area contributed by atoms with Gasteiger partial charge in [0.1, 0.15) is 5.75 Å². The number of hydrazone groups is 1. The Morgan fingerprint density at radius 2 is 2.32 bits per heavy atom. The van der Waals surface area contributed by atoms with Crippen LogP contribution in [0.1, 0.15) is 21.7 Å². The van der Waals surface area contributed by atoms with Crippen LogP contribution < -0.4 is 10.3 Å². The van der Waals surface area contributed by atoms with Crippen LogP contribution in [0.3, 0.4) is 0 Å². The van der Waals surface area contributed by atoms with Gasteiger partial charge in [0, 0.05) is 12.5 Å². The largest absolute Gasteiger partial charge is 0.507 e. The smallest absolute Gasteiger partial charge is 0.322 e. The van der Waals surface area contributed by atoms with Crippen LogP contribution in [-0.2, 0) is 0 Å². The average molecular weight is 262 g/mol. The summed E-state index contributed by atoms with van der Waals surface area (Å²) >= 11 is 0. The van der Waals surface area contributed by atoms with Crippen molar-refractivity contribution in [3.63, 3.8) is 0 Å². The molecule has 0 aliphatic carbocycles. The highest BCUT2D eigenvalue weighted by atomic mass is 16.8. The number of nitrogens with one attached hydrogen (secondary N) is 1. The molecule has 0 aliphatic heterocycles. The molecule has 19 heavy (non-hydrogen) atoms. The SMILES string of the molecule is Cc1c(C(=O)N/N=C/c2ccccc2O)no[n+]1[O-]. The first kappa shape index (κ1) is 12.6. The topological polar surface area (TPSA) is 115 Å². The first-order valence-electron chi connectivity index (χ1n) is 5.27. The monoisotopic (exact) mass is 262 g/mol.